The van der Waals surface area contributed by atoms with E-state index in [2.05, 4.69) is 45.7 Å². The molecule has 0 aromatic heterocycles. The summed E-state index contributed by atoms with van der Waals surface area (Å²) in [6.45, 7) is 3.13. The number of rotatable bonds is 5. The Balaban J connectivity index is 1.44. The molecule has 2 amide bonds. The zero-order valence-electron chi connectivity index (χ0n) is 17.5. The van der Waals surface area contributed by atoms with Gasteiger partial charge in [-0.15, -0.1) is 0 Å². The van der Waals surface area contributed by atoms with Gasteiger partial charge in [-0.1, -0.05) is 12.1 Å². The molecule has 2 aliphatic rings. The monoisotopic (exact) mass is 428 g/mol. The first-order chi connectivity index (χ1) is 14.9. The van der Waals surface area contributed by atoms with Gasteiger partial charge in [-0.2, -0.15) is 0 Å². The van der Waals surface area contributed by atoms with Crippen molar-refractivity contribution in [2.24, 2.45) is 0 Å². The van der Waals surface area contributed by atoms with Gasteiger partial charge in [0.25, 0.3) is 0 Å². The van der Waals surface area contributed by atoms with Crippen LogP contribution in [-0.2, 0) is 16.0 Å². The highest BCUT2D eigenvalue weighted by molar-refractivity contribution is 6.39. The molecule has 0 saturated carbocycles. The van der Waals surface area contributed by atoms with Gasteiger partial charge in [0, 0.05) is 31.9 Å². The smallest absolute Gasteiger partial charge is 0.313 e. The van der Waals surface area contributed by atoms with Crippen LogP contribution in [0.2, 0.25) is 0 Å². The van der Waals surface area contributed by atoms with Crippen LogP contribution in [0.3, 0.4) is 0 Å². The van der Waals surface area contributed by atoms with Gasteiger partial charge in [-0.25, -0.2) is 8.78 Å². The van der Waals surface area contributed by atoms with Crippen molar-refractivity contribution in [3.8, 4) is 0 Å². The highest BCUT2D eigenvalue weighted by atomic mass is 19.1. The summed E-state index contributed by atoms with van der Waals surface area (Å²) in [6.07, 6.45) is 3.19. The molecule has 6 nitrogen and oxygen atoms in total. The minimum absolute atomic E-state index is 0.0435. The van der Waals surface area contributed by atoms with Crippen molar-refractivity contribution >= 4 is 23.2 Å². The Hall–Kier alpha value is -3.00. The van der Waals surface area contributed by atoms with Crippen LogP contribution in [0.15, 0.2) is 36.4 Å². The summed E-state index contributed by atoms with van der Waals surface area (Å²) in [4.78, 5) is 29.1. The van der Waals surface area contributed by atoms with Crippen LogP contribution >= 0.6 is 0 Å². The van der Waals surface area contributed by atoms with E-state index in [1.54, 1.807) is 0 Å². The van der Waals surface area contributed by atoms with Gasteiger partial charge < -0.3 is 15.5 Å². The summed E-state index contributed by atoms with van der Waals surface area (Å²) >= 11 is 0. The number of carbonyl (C=O) groups excluding carboxylic acids is 2. The first-order valence-corrected chi connectivity index (χ1v) is 10.5. The summed E-state index contributed by atoms with van der Waals surface area (Å²) < 4.78 is 26.8. The van der Waals surface area contributed by atoms with Crippen LogP contribution in [0, 0.1) is 11.6 Å². The number of likely N-dealkylation sites (N-methyl/N-ethyl adjacent to an activating group) is 1. The predicted octanol–water partition coefficient (Wildman–Crippen LogP) is 2.85. The molecule has 0 radical (unpaired) electrons. The molecule has 1 atom stereocenters. The molecule has 0 bridgehead atoms. The highest BCUT2D eigenvalue weighted by Gasteiger charge is 2.27. The lowest BCUT2D eigenvalue weighted by Crippen LogP contribution is -2.41. The summed E-state index contributed by atoms with van der Waals surface area (Å²) in [5.41, 5.74) is 3.40. The van der Waals surface area contributed by atoms with Crippen molar-refractivity contribution in [3.05, 3.63) is 59.2 Å². The lowest BCUT2D eigenvalue weighted by Gasteiger charge is -2.28. The quantitative estimate of drug-likeness (QED) is 0.719. The maximum absolute atomic E-state index is 13.8. The van der Waals surface area contributed by atoms with E-state index in [0.717, 1.165) is 56.6 Å². The van der Waals surface area contributed by atoms with E-state index in [1.165, 1.54) is 11.3 Å². The van der Waals surface area contributed by atoms with E-state index in [4.69, 9.17) is 0 Å². The molecule has 2 N–H and O–H groups in total. The molecule has 2 aromatic rings. The second-order valence-electron chi connectivity index (χ2n) is 8.11. The fourth-order valence-electron chi connectivity index (χ4n) is 4.34. The third-order valence-electron chi connectivity index (χ3n) is 6.04. The molecular formula is C23H26F2N4O2. The number of amides is 2. The maximum atomic E-state index is 13.8. The molecule has 2 heterocycles. The maximum Gasteiger partial charge on any atom is 0.313 e. The first kappa shape index (κ1) is 21.2. The van der Waals surface area contributed by atoms with Crippen molar-refractivity contribution in [1.82, 2.24) is 10.2 Å². The number of likely N-dealkylation sites (tertiary alicyclic amines) is 1. The molecule has 2 aromatic carbocycles. The van der Waals surface area contributed by atoms with E-state index < -0.39 is 23.4 Å². The van der Waals surface area contributed by atoms with Gasteiger partial charge in [-0.05, 0) is 61.7 Å². The molecule has 0 aliphatic carbocycles. The third kappa shape index (κ3) is 4.69. The summed E-state index contributed by atoms with van der Waals surface area (Å²) in [5, 5.41) is 4.88. The molecule has 8 heteroatoms. The van der Waals surface area contributed by atoms with Gasteiger partial charge in [0.1, 0.15) is 11.6 Å². The van der Waals surface area contributed by atoms with Crippen molar-refractivity contribution in [3.63, 3.8) is 0 Å². The molecule has 4 rings (SSSR count). The Kier molecular flexibility index (Phi) is 6.18. The Morgan fingerprint density at radius 1 is 1.03 bits per heavy atom. The fourth-order valence-corrected chi connectivity index (χ4v) is 4.34. The SMILES string of the molecule is CN1CCc2cc([C@@H](CNC(=O)C(=O)Nc3ccc(F)cc3F)N3CCCC3)ccc21. The zero-order valence-corrected chi connectivity index (χ0v) is 17.5. The van der Waals surface area contributed by atoms with Gasteiger partial charge >= 0.3 is 11.8 Å². The Morgan fingerprint density at radius 2 is 1.81 bits per heavy atom. The number of benzene rings is 2. The second-order valence-corrected chi connectivity index (χ2v) is 8.11. The van der Waals surface area contributed by atoms with E-state index >= 15 is 0 Å². The Morgan fingerprint density at radius 3 is 2.55 bits per heavy atom. The lowest BCUT2D eigenvalue weighted by atomic mass is 10.0. The Bertz CT molecular complexity index is 992. The van der Waals surface area contributed by atoms with Crippen molar-refractivity contribution < 1.29 is 18.4 Å². The van der Waals surface area contributed by atoms with Crippen LogP contribution in [0.25, 0.3) is 0 Å². The van der Waals surface area contributed by atoms with E-state index in [1.807, 2.05) is 0 Å². The average molecular weight is 428 g/mol. The van der Waals surface area contributed by atoms with E-state index in [-0.39, 0.29) is 18.3 Å². The minimum atomic E-state index is -0.985. The van der Waals surface area contributed by atoms with Gasteiger partial charge in [0.2, 0.25) is 0 Å². The molecule has 164 valence electrons. The third-order valence-corrected chi connectivity index (χ3v) is 6.04. The van der Waals surface area contributed by atoms with Crippen LogP contribution in [0.5, 0.6) is 0 Å². The zero-order chi connectivity index (χ0) is 22.0. The topological polar surface area (TPSA) is 64.7 Å². The largest absolute Gasteiger partial charge is 0.374 e. The Labute approximate surface area is 180 Å². The number of nitrogens with zero attached hydrogens (tertiary/aromatic N) is 2. The normalized spacial score (nSPS) is 16.8. The van der Waals surface area contributed by atoms with Crippen LogP contribution in [0.1, 0.15) is 30.0 Å². The summed E-state index contributed by atoms with van der Waals surface area (Å²) in [7, 11) is 2.08. The second kappa shape index (κ2) is 9.01. The average Bonchev–Trinajstić information content (AvgIpc) is 3.40. The van der Waals surface area contributed by atoms with Crippen molar-refractivity contribution in [2.75, 3.05) is 43.4 Å². The molecule has 31 heavy (non-hydrogen) atoms. The minimum Gasteiger partial charge on any atom is -0.374 e. The van der Waals surface area contributed by atoms with Crippen molar-refractivity contribution in [1.29, 1.82) is 0 Å². The molecule has 0 spiro atoms. The van der Waals surface area contributed by atoms with Gasteiger partial charge in [0.05, 0.1) is 11.7 Å². The van der Waals surface area contributed by atoms with Crippen molar-refractivity contribution in [2.45, 2.75) is 25.3 Å². The van der Waals surface area contributed by atoms with Gasteiger partial charge in [0.15, 0.2) is 0 Å². The van der Waals surface area contributed by atoms with Crippen LogP contribution in [-0.4, -0.2) is 49.9 Å². The number of halogens is 2. The molecular weight excluding hydrogens is 402 g/mol. The summed E-state index contributed by atoms with van der Waals surface area (Å²) in [6, 6.07) is 9.12. The molecule has 1 saturated heterocycles. The lowest BCUT2D eigenvalue weighted by molar-refractivity contribution is -0.136. The number of nitrogens with one attached hydrogen (secondary N) is 2. The van der Waals surface area contributed by atoms with E-state index in [0.29, 0.717) is 6.07 Å². The standard InChI is InChI=1S/C23H26F2N4O2/c1-28-11-8-16-12-15(4-7-20(16)28)21(29-9-2-3-10-29)14-26-22(30)23(31)27-19-6-5-17(24)13-18(19)25/h4-7,12-13,21H,2-3,8-11,14H2,1H3,(H,26,30)(H,27,31)/t21-/m1/s1. The number of hydrogen-bond acceptors (Lipinski definition) is 4. The molecule has 0 unspecified atom stereocenters. The highest BCUT2D eigenvalue weighted by Crippen LogP contribution is 2.32. The number of carbonyl (C=O) groups is 2. The van der Waals surface area contributed by atoms with Crippen LogP contribution in [0.4, 0.5) is 20.2 Å². The van der Waals surface area contributed by atoms with E-state index in [9.17, 15) is 18.4 Å². The van der Waals surface area contributed by atoms with Crippen LogP contribution < -0.4 is 15.5 Å². The summed E-state index contributed by atoms with van der Waals surface area (Å²) in [5.74, 6) is -3.52. The molecule has 2 aliphatic heterocycles. The predicted molar refractivity (Wildman–Crippen MR) is 115 cm³/mol. The fraction of sp³-hybridized carbons (Fsp3) is 0.391. The first-order valence-electron chi connectivity index (χ1n) is 10.5. The number of hydrogen-bond donors (Lipinski definition) is 2. The number of anilines is 2. The molecule has 1 fully saturated rings. The van der Waals surface area contributed by atoms with Gasteiger partial charge in [-0.3, -0.25) is 14.5 Å². The number of fused-ring (bicyclic) bond motifs is 1.